The smallest absolute Gasteiger partial charge is 0.189 e. The van der Waals surface area contributed by atoms with E-state index < -0.39 is 0 Å². The first-order valence-corrected chi connectivity index (χ1v) is 7.59. The molecule has 2 aromatic rings. The maximum absolute atomic E-state index is 5.31. The predicted octanol–water partition coefficient (Wildman–Crippen LogP) is 3.40. The van der Waals surface area contributed by atoms with Crippen molar-refractivity contribution >= 4 is 34.9 Å². The van der Waals surface area contributed by atoms with Crippen molar-refractivity contribution in [3.8, 4) is 0 Å². The first-order valence-electron chi connectivity index (χ1n) is 6.30. The number of benzene rings is 1. The molecule has 1 aromatic heterocycles. The predicted molar refractivity (Wildman–Crippen MR) is 90.3 cm³/mol. The second-order valence-corrected chi connectivity index (χ2v) is 5.71. The van der Waals surface area contributed by atoms with Crippen molar-refractivity contribution in [3.63, 3.8) is 0 Å². The van der Waals surface area contributed by atoms with Crippen LogP contribution in [0.1, 0.15) is 16.0 Å². The van der Waals surface area contributed by atoms with Crippen LogP contribution in [-0.4, -0.2) is 23.4 Å². The summed E-state index contributed by atoms with van der Waals surface area (Å²) in [4.78, 5) is 1.16. The van der Waals surface area contributed by atoms with Gasteiger partial charge in [-0.3, -0.25) is 0 Å². The molecule has 0 aliphatic heterocycles. The zero-order valence-electron chi connectivity index (χ0n) is 11.5. The number of hydrazone groups is 1. The van der Waals surface area contributed by atoms with Crippen LogP contribution in [0.5, 0.6) is 0 Å². The SMILES string of the molecule is Cc1ccsc1/C=N\N(C)C(=S)NCc1ccccc1. The fourth-order valence-electron chi connectivity index (χ4n) is 1.60. The Kier molecular flexibility index (Phi) is 5.26. The molecular weight excluding hydrogens is 286 g/mol. The number of aryl methyl sites for hydroxylation is 1. The molecule has 0 saturated carbocycles. The monoisotopic (exact) mass is 303 g/mol. The lowest BCUT2D eigenvalue weighted by atomic mass is 10.2. The van der Waals surface area contributed by atoms with Gasteiger partial charge in [0.05, 0.1) is 6.21 Å². The third-order valence-corrected chi connectivity index (χ3v) is 4.19. The third-order valence-electron chi connectivity index (χ3n) is 2.83. The van der Waals surface area contributed by atoms with Gasteiger partial charge < -0.3 is 5.32 Å². The van der Waals surface area contributed by atoms with Gasteiger partial charge in [0, 0.05) is 18.5 Å². The fraction of sp³-hybridized carbons (Fsp3) is 0.200. The van der Waals surface area contributed by atoms with Crippen molar-refractivity contribution in [2.75, 3.05) is 7.05 Å². The summed E-state index contributed by atoms with van der Waals surface area (Å²) in [5, 5.41) is 11.9. The topological polar surface area (TPSA) is 27.6 Å². The Morgan fingerprint density at radius 2 is 2.10 bits per heavy atom. The van der Waals surface area contributed by atoms with Crippen LogP contribution in [0, 0.1) is 6.92 Å². The van der Waals surface area contributed by atoms with E-state index in [2.05, 4.69) is 40.9 Å². The minimum Gasteiger partial charge on any atom is -0.357 e. The number of thiophene rings is 1. The average Bonchev–Trinajstić information content (AvgIpc) is 2.88. The molecule has 0 saturated heterocycles. The van der Waals surface area contributed by atoms with Gasteiger partial charge >= 0.3 is 0 Å². The van der Waals surface area contributed by atoms with Crippen molar-refractivity contribution in [2.24, 2.45) is 5.10 Å². The van der Waals surface area contributed by atoms with E-state index in [1.807, 2.05) is 31.5 Å². The number of nitrogens with one attached hydrogen (secondary N) is 1. The van der Waals surface area contributed by atoms with Crippen molar-refractivity contribution in [1.29, 1.82) is 0 Å². The van der Waals surface area contributed by atoms with E-state index >= 15 is 0 Å². The second-order valence-electron chi connectivity index (χ2n) is 4.38. The quantitative estimate of drug-likeness (QED) is 0.533. The Bertz CT molecular complexity index is 590. The van der Waals surface area contributed by atoms with Gasteiger partial charge in [-0.25, -0.2) is 5.01 Å². The molecule has 0 atom stereocenters. The summed E-state index contributed by atoms with van der Waals surface area (Å²) in [6, 6.07) is 12.2. The molecule has 0 bridgehead atoms. The number of hydrogen-bond acceptors (Lipinski definition) is 3. The summed E-state index contributed by atoms with van der Waals surface area (Å²) in [7, 11) is 1.85. The van der Waals surface area contributed by atoms with Gasteiger partial charge in [0.25, 0.3) is 0 Å². The van der Waals surface area contributed by atoms with Gasteiger partial charge in [0.1, 0.15) is 0 Å². The lowest BCUT2D eigenvalue weighted by molar-refractivity contribution is 0.532. The number of rotatable bonds is 4. The van der Waals surface area contributed by atoms with Gasteiger partial charge in [-0.05, 0) is 41.7 Å². The van der Waals surface area contributed by atoms with E-state index in [9.17, 15) is 0 Å². The minimum atomic E-state index is 0.610. The summed E-state index contributed by atoms with van der Waals surface area (Å²) in [6.45, 7) is 2.78. The van der Waals surface area contributed by atoms with Crippen LogP contribution in [-0.2, 0) is 6.54 Å². The fourth-order valence-corrected chi connectivity index (χ4v) is 2.50. The van der Waals surface area contributed by atoms with Gasteiger partial charge in [-0.15, -0.1) is 11.3 Å². The van der Waals surface area contributed by atoms with Crippen LogP contribution in [0.3, 0.4) is 0 Å². The van der Waals surface area contributed by atoms with Gasteiger partial charge in [0.2, 0.25) is 0 Å². The average molecular weight is 303 g/mol. The van der Waals surface area contributed by atoms with Gasteiger partial charge in [0.15, 0.2) is 5.11 Å². The summed E-state index contributed by atoms with van der Waals surface area (Å²) in [6.07, 6.45) is 1.84. The molecule has 1 N–H and O–H groups in total. The van der Waals surface area contributed by atoms with Crippen LogP contribution in [0.25, 0.3) is 0 Å². The molecule has 0 aliphatic carbocycles. The van der Waals surface area contributed by atoms with E-state index in [1.165, 1.54) is 11.1 Å². The highest BCUT2D eigenvalue weighted by molar-refractivity contribution is 7.80. The zero-order valence-corrected chi connectivity index (χ0v) is 13.2. The second kappa shape index (κ2) is 7.17. The molecule has 0 unspecified atom stereocenters. The number of thiocarbonyl (C=S) groups is 1. The van der Waals surface area contributed by atoms with E-state index in [0.717, 1.165) is 4.88 Å². The molecule has 1 aromatic carbocycles. The molecule has 1 heterocycles. The van der Waals surface area contributed by atoms with Crippen LogP contribution in [0.15, 0.2) is 46.9 Å². The normalized spacial score (nSPS) is 10.7. The van der Waals surface area contributed by atoms with Crippen LogP contribution in [0.2, 0.25) is 0 Å². The molecule has 0 amide bonds. The first kappa shape index (κ1) is 14.7. The Labute approximate surface area is 128 Å². The molecule has 20 heavy (non-hydrogen) atoms. The van der Waals surface area contributed by atoms with Crippen LogP contribution < -0.4 is 5.32 Å². The largest absolute Gasteiger partial charge is 0.357 e. The van der Waals surface area contributed by atoms with Crippen molar-refractivity contribution in [2.45, 2.75) is 13.5 Å². The highest BCUT2D eigenvalue weighted by Gasteiger charge is 2.02. The standard InChI is InChI=1S/C15H17N3S2/c1-12-8-9-20-14(12)11-17-18(2)15(19)16-10-13-6-4-3-5-7-13/h3-9,11H,10H2,1-2H3,(H,16,19)/b17-11-. The molecule has 0 spiro atoms. The van der Waals surface area contributed by atoms with Gasteiger partial charge in [-0.2, -0.15) is 5.10 Å². The van der Waals surface area contributed by atoms with E-state index in [1.54, 1.807) is 16.3 Å². The molecule has 5 heteroatoms. The van der Waals surface area contributed by atoms with Crippen molar-refractivity contribution in [1.82, 2.24) is 10.3 Å². The number of hydrogen-bond donors (Lipinski definition) is 1. The van der Waals surface area contributed by atoms with Gasteiger partial charge in [-0.1, -0.05) is 30.3 Å². The Morgan fingerprint density at radius 3 is 2.75 bits per heavy atom. The lowest BCUT2D eigenvalue weighted by Gasteiger charge is -2.15. The first-order chi connectivity index (χ1) is 9.66. The third kappa shape index (κ3) is 4.15. The zero-order chi connectivity index (χ0) is 14.4. The molecule has 2 rings (SSSR count). The van der Waals surface area contributed by atoms with E-state index in [4.69, 9.17) is 12.2 Å². The van der Waals surface area contributed by atoms with E-state index in [0.29, 0.717) is 11.7 Å². The molecule has 0 aliphatic rings. The van der Waals surface area contributed by atoms with E-state index in [-0.39, 0.29) is 0 Å². The maximum Gasteiger partial charge on any atom is 0.189 e. The molecule has 0 radical (unpaired) electrons. The Hall–Kier alpha value is -1.72. The lowest BCUT2D eigenvalue weighted by Crippen LogP contribution is -2.33. The Balaban J connectivity index is 1.86. The van der Waals surface area contributed by atoms with Crippen LogP contribution in [0.4, 0.5) is 0 Å². The minimum absolute atomic E-state index is 0.610. The summed E-state index contributed by atoms with van der Waals surface area (Å²) in [5.74, 6) is 0. The molecule has 104 valence electrons. The molecular formula is C15H17N3S2. The number of nitrogens with zero attached hydrogens (tertiary/aromatic N) is 2. The molecule has 3 nitrogen and oxygen atoms in total. The van der Waals surface area contributed by atoms with Crippen molar-refractivity contribution in [3.05, 3.63) is 57.8 Å². The highest BCUT2D eigenvalue weighted by atomic mass is 32.1. The summed E-state index contributed by atoms with van der Waals surface area (Å²) >= 11 is 6.98. The Morgan fingerprint density at radius 1 is 1.35 bits per heavy atom. The van der Waals surface area contributed by atoms with Crippen molar-refractivity contribution < 1.29 is 0 Å². The maximum atomic E-state index is 5.31. The summed E-state index contributed by atoms with van der Waals surface area (Å²) in [5.41, 5.74) is 2.43. The van der Waals surface area contributed by atoms with Crippen LogP contribution >= 0.6 is 23.6 Å². The molecule has 0 fully saturated rings. The summed E-state index contributed by atoms with van der Waals surface area (Å²) < 4.78 is 0. The highest BCUT2D eigenvalue weighted by Crippen LogP contribution is 2.12.